The van der Waals surface area contributed by atoms with Gasteiger partial charge in [-0.1, -0.05) is 40.9 Å². The SMILES string of the molecule is CN(Cc1ccc(Cl)c(Cl)c1)C(=O)COC(=O)c1ccc([N+](=O)[O-])cc1Cl. The number of rotatable bonds is 6. The highest BCUT2D eigenvalue weighted by molar-refractivity contribution is 6.42. The molecule has 27 heavy (non-hydrogen) atoms. The molecular formula is C17H13Cl3N2O5. The van der Waals surface area contributed by atoms with Gasteiger partial charge in [0.05, 0.1) is 25.6 Å². The summed E-state index contributed by atoms with van der Waals surface area (Å²) in [6, 6.07) is 8.31. The Hall–Kier alpha value is -2.35. The second-order valence-electron chi connectivity index (χ2n) is 5.50. The number of halogens is 3. The first-order valence-corrected chi connectivity index (χ1v) is 8.61. The maximum Gasteiger partial charge on any atom is 0.340 e. The first kappa shape index (κ1) is 21.0. The molecule has 1 amide bonds. The Labute approximate surface area is 169 Å². The lowest BCUT2D eigenvalue weighted by Crippen LogP contribution is -2.30. The summed E-state index contributed by atoms with van der Waals surface area (Å²) in [5.41, 5.74) is 0.432. The van der Waals surface area contributed by atoms with E-state index in [1.807, 2.05) is 0 Å². The molecule has 142 valence electrons. The van der Waals surface area contributed by atoms with Crippen molar-refractivity contribution in [1.29, 1.82) is 0 Å². The molecule has 0 aliphatic heterocycles. The molecule has 0 bridgehead atoms. The number of amides is 1. The average molecular weight is 432 g/mol. The first-order chi connectivity index (χ1) is 12.7. The number of nitrogens with zero attached hydrogens (tertiary/aromatic N) is 2. The van der Waals surface area contributed by atoms with Gasteiger partial charge in [0.1, 0.15) is 0 Å². The zero-order valence-corrected chi connectivity index (χ0v) is 16.2. The minimum absolute atomic E-state index is 0.0674. The lowest BCUT2D eigenvalue weighted by Gasteiger charge is -2.17. The van der Waals surface area contributed by atoms with Crippen LogP contribution in [-0.2, 0) is 16.1 Å². The minimum atomic E-state index is -0.855. The summed E-state index contributed by atoms with van der Waals surface area (Å²) in [6.45, 7) is -0.268. The van der Waals surface area contributed by atoms with Crippen molar-refractivity contribution in [3.63, 3.8) is 0 Å². The standard InChI is InChI=1S/C17H13Cl3N2O5/c1-21(8-10-2-5-13(18)15(20)6-10)16(23)9-27-17(24)12-4-3-11(22(25)26)7-14(12)19/h2-7H,8-9H2,1H3. The highest BCUT2D eigenvalue weighted by Crippen LogP contribution is 2.24. The number of likely N-dealkylation sites (N-methyl/N-ethyl adjacent to an activating group) is 1. The van der Waals surface area contributed by atoms with Crippen LogP contribution in [0.15, 0.2) is 36.4 Å². The number of ether oxygens (including phenoxy) is 1. The van der Waals surface area contributed by atoms with Crippen LogP contribution in [0.5, 0.6) is 0 Å². The number of nitro groups is 1. The summed E-state index contributed by atoms with van der Waals surface area (Å²) >= 11 is 17.6. The molecule has 0 aliphatic rings. The minimum Gasteiger partial charge on any atom is -0.452 e. The number of nitro benzene ring substituents is 1. The van der Waals surface area contributed by atoms with Crippen LogP contribution in [0.4, 0.5) is 5.69 Å². The highest BCUT2D eigenvalue weighted by Gasteiger charge is 2.18. The molecule has 0 unspecified atom stereocenters. The van der Waals surface area contributed by atoms with Crippen molar-refractivity contribution in [2.24, 2.45) is 0 Å². The van der Waals surface area contributed by atoms with E-state index in [4.69, 9.17) is 39.5 Å². The van der Waals surface area contributed by atoms with Crippen molar-refractivity contribution in [3.8, 4) is 0 Å². The number of esters is 1. The number of benzene rings is 2. The van der Waals surface area contributed by atoms with E-state index < -0.39 is 23.4 Å². The van der Waals surface area contributed by atoms with E-state index in [9.17, 15) is 19.7 Å². The Morgan fingerprint density at radius 2 is 1.78 bits per heavy atom. The summed E-state index contributed by atoms with van der Waals surface area (Å²) in [6.07, 6.45) is 0. The fourth-order valence-electron chi connectivity index (χ4n) is 2.10. The normalized spacial score (nSPS) is 10.4. The molecule has 0 fully saturated rings. The third kappa shape index (κ3) is 5.56. The van der Waals surface area contributed by atoms with Crippen LogP contribution in [0, 0.1) is 10.1 Å². The monoisotopic (exact) mass is 430 g/mol. The van der Waals surface area contributed by atoms with E-state index in [0.717, 1.165) is 17.7 Å². The third-order valence-electron chi connectivity index (χ3n) is 3.54. The van der Waals surface area contributed by atoms with Crippen LogP contribution in [-0.4, -0.2) is 35.4 Å². The number of carbonyl (C=O) groups excluding carboxylic acids is 2. The Morgan fingerprint density at radius 1 is 1.07 bits per heavy atom. The highest BCUT2D eigenvalue weighted by atomic mass is 35.5. The van der Waals surface area contributed by atoms with Crippen molar-refractivity contribution >= 4 is 52.4 Å². The van der Waals surface area contributed by atoms with Crippen LogP contribution in [0.25, 0.3) is 0 Å². The van der Waals surface area contributed by atoms with E-state index in [-0.39, 0.29) is 22.8 Å². The summed E-state index contributed by atoms with van der Waals surface area (Å²) in [7, 11) is 1.54. The summed E-state index contributed by atoms with van der Waals surface area (Å²) in [4.78, 5) is 35.6. The number of non-ortho nitro benzene ring substituents is 1. The molecule has 0 spiro atoms. The second-order valence-corrected chi connectivity index (χ2v) is 6.72. The van der Waals surface area contributed by atoms with Gasteiger partial charge in [0.25, 0.3) is 11.6 Å². The fraction of sp³-hybridized carbons (Fsp3) is 0.176. The zero-order chi connectivity index (χ0) is 20.1. The molecule has 0 aliphatic carbocycles. The molecule has 0 N–H and O–H groups in total. The van der Waals surface area contributed by atoms with Gasteiger partial charge < -0.3 is 9.64 Å². The van der Waals surface area contributed by atoms with Crippen LogP contribution in [0.3, 0.4) is 0 Å². The maximum atomic E-state index is 12.1. The molecule has 2 rings (SSSR count). The van der Waals surface area contributed by atoms with Crippen molar-refractivity contribution in [2.45, 2.75) is 6.54 Å². The molecule has 0 saturated heterocycles. The van der Waals surface area contributed by atoms with Crippen LogP contribution < -0.4 is 0 Å². The van der Waals surface area contributed by atoms with Crippen molar-refractivity contribution < 1.29 is 19.2 Å². The molecule has 0 atom stereocenters. The van der Waals surface area contributed by atoms with Gasteiger partial charge in [-0.3, -0.25) is 14.9 Å². The second kappa shape index (κ2) is 9.03. The zero-order valence-electron chi connectivity index (χ0n) is 13.9. The van der Waals surface area contributed by atoms with Gasteiger partial charge in [-0.2, -0.15) is 0 Å². The predicted octanol–water partition coefficient (Wildman–Crippen LogP) is 4.37. The van der Waals surface area contributed by atoms with E-state index in [1.54, 1.807) is 18.2 Å². The Bertz CT molecular complexity index is 904. The van der Waals surface area contributed by atoms with E-state index in [0.29, 0.717) is 10.0 Å². The topological polar surface area (TPSA) is 89.8 Å². The van der Waals surface area contributed by atoms with Crippen LogP contribution >= 0.6 is 34.8 Å². The lowest BCUT2D eigenvalue weighted by atomic mass is 10.2. The molecule has 0 aromatic heterocycles. The van der Waals surface area contributed by atoms with Gasteiger partial charge in [0, 0.05) is 25.7 Å². The molecule has 7 nitrogen and oxygen atoms in total. The predicted molar refractivity (Wildman–Crippen MR) is 101 cm³/mol. The molecule has 2 aromatic carbocycles. The van der Waals surface area contributed by atoms with Crippen molar-refractivity contribution in [2.75, 3.05) is 13.7 Å². The Kier molecular flexibility index (Phi) is 7.01. The lowest BCUT2D eigenvalue weighted by molar-refractivity contribution is -0.384. The first-order valence-electron chi connectivity index (χ1n) is 7.48. The molecule has 2 aromatic rings. The van der Waals surface area contributed by atoms with Crippen molar-refractivity contribution in [1.82, 2.24) is 4.90 Å². The smallest absolute Gasteiger partial charge is 0.340 e. The Morgan fingerprint density at radius 3 is 2.37 bits per heavy atom. The van der Waals surface area contributed by atoms with Crippen molar-refractivity contribution in [3.05, 3.63) is 72.7 Å². The number of hydrogen-bond acceptors (Lipinski definition) is 5. The van der Waals surface area contributed by atoms with Gasteiger partial charge in [-0.05, 0) is 23.8 Å². The third-order valence-corrected chi connectivity index (χ3v) is 4.59. The molecule has 0 radical (unpaired) electrons. The van der Waals surface area contributed by atoms with Crippen LogP contribution in [0.1, 0.15) is 15.9 Å². The molecule has 10 heteroatoms. The van der Waals surface area contributed by atoms with E-state index in [2.05, 4.69) is 0 Å². The summed E-state index contributed by atoms with van der Waals surface area (Å²) < 4.78 is 4.94. The van der Waals surface area contributed by atoms with E-state index >= 15 is 0 Å². The number of hydrogen-bond donors (Lipinski definition) is 0. The molecular weight excluding hydrogens is 419 g/mol. The fourth-order valence-corrected chi connectivity index (χ4v) is 2.67. The van der Waals surface area contributed by atoms with Gasteiger partial charge in [0.15, 0.2) is 6.61 Å². The van der Waals surface area contributed by atoms with Gasteiger partial charge >= 0.3 is 5.97 Å². The van der Waals surface area contributed by atoms with Gasteiger partial charge in [-0.15, -0.1) is 0 Å². The van der Waals surface area contributed by atoms with Crippen LogP contribution in [0.2, 0.25) is 15.1 Å². The maximum absolute atomic E-state index is 12.1. The molecule has 0 saturated carbocycles. The van der Waals surface area contributed by atoms with E-state index in [1.165, 1.54) is 18.0 Å². The quantitative estimate of drug-likeness (QED) is 0.385. The van der Waals surface area contributed by atoms with Gasteiger partial charge in [-0.25, -0.2) is 4.79 Å². The largest absolute Gasteiger partial charge is 0.452 e. The average Bonchev–Trinajstić information content (AvgIpc) is 2.62. The summed E-state index contributed by atoms with van der Waals surface area (Å²) in [5, 5.41) is 11.3. The molecule has 0 heterocycles. The summed E-state index contributed by atoms with van der Waals surface area (Å²) in [5.74, 6) is -1.31. The van der Waals surface area contributed by atoms with Gasteiger partial charge in [0.2, 0.25) is 0 Å². The Balaban J connectivity index is 1.94. The number of carbonyl (C=O) groups is 2.